The number of halogens is 2. The number of rotatable bonds is 10. The van der Waals surface area contributed by atoms with Gasteiger partial charge < -0.3 is 10.2 Å². The third kappa shape index (κ3) is 7.69. The first-order chi connectivity index (χ1) is 13.6. The molecule has 2 atom stereocenters. The van der Waals surface area contributed by atoms with E-state index in [0.29, 0.717) is 22.9 Å². The molecule has 0 aliphatic heterocycles. The van der Waals surface area contributed by atoms with Gasteiger partial charge in [0.05, 0.1) is 0 Å². The van der Waals surface area contributed by atoms with Crippen LogP contribution in [0.3, 0.4) is 0 Å². The first-order valence-electron chi connectivity index (χ1n) is 9.38. The highest BCUT2D eigenvalue weighted by molar-refractivity contribution is 6.34. The molecule has 0 radical (unpaired) electrons. The van der Waals surface area contributed by atoms with E-state index in [2.05, 4.69) is 5.32 Å². The molecule has 5 nitrogen and oxygen atoms in total. The zero-order valence-electron chi connectivity index (χ0n) is 16.4. The van der Waals surface area contributed by atoms with Crippen molar-refractivity contribution in [2.45, 2.75) is 45.2 Å². The summed E-state index contributed by atoms with van der Waals surface area (Å²) in [5.74, 6) is -1.99. The number of hydrogen-bond acceptors (Lipinski definition) is 3. The smallest absolute Gasteiger partial charge is 0.321 e. The Morgan fingerprint density at radius 1 is 0.897 bits per heavy atom. The Morgan fingerprint density at radius 3 is 2.03 bits per heavy atom. The molecule has 0 saturated carbocycles. The fourth-order valence-corrected chi connectivity index (χ4v) is 3.79. The van der Waals surface area contributed by atoms with E-state index in [9.17, 15) is 19.8 Å². The molecule has 0 fully saturated rings. The topological polar surface area (TPSA) is 86.6 Å². The molecule has 2 rings (SSSR count). The van der Waals surface area contributed by atoms with Crippen LogP contribution in [-0.2, 0) is 22.4 Å². The molecule has 3 N–H and O–H groups in total. The summed E-state index contributed by atoms with van der Waals surface area (Å²) in [7, 11) is 0. The molecule has 0 aromatic heterocycles. The Kier molecular flexibility index (Phi) is 8.50. The number of carboxylic acids is 2. The van der Waals surface area contributed by atoms with Gasteiger partial charge in [0.15, 0.2) is 0 Å². The van der Waals surface area contributed by atoms with Crippen LogP contribution in [0.15, 0.2) is 42.5 Å². The maximum atomic E-state index is 11.7. The van der Waals surface area contributed by atoms with Crippen molar-refractivity contribution in [3.05, 3.63) is 69.2 Å². The highest BCUT2D eigenvalue weighted by atomic mass is 35.5. The lowest BCUT2D eigenvalue weighted by Crippen LogP contribution is -2.48. The van der Waals surface area contributed by atoms with Crippen LogP contribution in [0.4, 0.5) is 0 Å². The fourth-order valence-electron chi connectivity index (χ4n) is 3.22. The van der Waals surface area contributed by atoms with Crippen molar-refractivity contribution >= 4 is 35.1 Å². The third-order valence-electron chi connectivity index (χ3n) is 4.47. The van der Waals surface area contributed by atoms with E-state index in [4.69, 9.17) is 23.2 Å². The van der Waals surface area contributed by atoms with E-state index in [0.717, 1.165) is 16.7 Å². The minimum absolute atomic E-state index is 0.130. The van der Waals surface area contributed by atoms with E-state index in [1.54, 1.807) is 6.07 Å². The average molecular weight is 438 g/mol. The molecule has 0 aliphatic carbocycles. The molecule has 1 unspecified atom stereocenters. The number of hydrogen-bond donors (Lipinski definition) is 3. The van der Waals surface area contributed by atoms with Crippen molar-refractivity contribution in [2.24, 2.45) is 5.92 Å². The Labute approximate surface area is 180 Å². The Bertz CT molecular complexity index is 849. The van der Waals surface area contributed by atoms with Crippen LogP contribution in [0.1, 0.15) is 37.0 Å². The maximum absolute atomic E-state index is 11.7. The van der Waals surface area contributed by atoms with Gasteiger partial charge in [0.25, 0.3) is 0 Å². The first-order valence-corrected chi connectivity index (χ1v) is 10.1. The molecule has 7 heteroatoms. The Hall–Kier alpha value is -2.08. The molecule has 0 bridgehead atoms. The number of benzene rings is 2. The molecule has 0 heterocycles. The SMILES string of the molecule is CC(C)C[C@H](NC(Cc1cccc(Cc2cc(Cl)cc(Cl)c2)c1)C(=O)O)C(=O)O. The van der Waals surface area contributed by atoms with Gasteiger partial charge in [0.2, 0.25) is 0 Å². The lowest BCUT2D eigenvalue weighted by molar-refractivity contribution is -0.142. The maximum Gasteiger partial charge on any atom is 0.321 e. The van der Waals surface area contributed by atoms with Gasteiger partial charge in [0, 0.05) is 10.0 Å². The van der Waals surface area contributed by atoms with Crippen molar-refractivity contribution in [3.63, 3.8) is 0 Å². The van der Waals surface area contributed by atoms with Gasteiger partial charge >= 0.3 is 11.9 Å². The van der Waals surface area contributed by atoms with Gasteiger partial charge in [0.1, 0.15) is 12.1 Å². The monoisotopic (exact) mass is 437 g/mol. The second kappa shape index (κ2) is 10.6. The summed E-state index contributed by atoms with van der Waals surface area (Å²) in [6.45, 7) is 3.80. The first kappa shape index (κ1) is 23.2. The normalized spacial score (nSPS) is 13.3. The van der Waals surface area contributed by atoms with Crippen molar-refractivity contribution in [1.29, 1.82) is 0 Å². The zero-order chi connectivity index (χ0) is 21.6. The molecular weight excluding hydrogens is 413 g/mol. The lowest BCUT2D eigenvalue weighted by Gasteiger charge is -2.22. The van der Waals surface area contributed by atoms with Gasteiger partial charge in [-0.1, -0.05) is 61.3 Å². The van der Waals surface area contributed by atoms with Crippen molar-refractivity contribution in [3.8, 4) is 0 Å². The molecule has 2 aromatic rings. The molecule has 0 spiro atoms. The van der Waals surface area contributed by atoms with Crippen molar-refractivity contribution < 1.29 is 19.8 Å². The number of carbonyl (C=O) groups is 2. The van der Waals surface area contributed by atoms with Crippen LogP contribution in [0.5, 0.6) is 0 Å². The summed E-state index contributed by atoms with van der Waals surface area (Å²) in [5, 5.41) is 22.9. The lowest BCUT2D eigenvalue weighted by atomic mass is 9.98. The molecular formula is C22H25Cl2NO4. The van der Waals surface area contributed by atoms with E-state index >= 15 is 0 Å². The minimum atomic E-state index is -1.08. The van der Waals surface area contributed by atoms with Gasteiger partial charge in [-0.2, -0.15) is 0 Å². The summed E-state index contributed by atoms with van der Waals surface area (Å²) in [5.41, 5.74) is 2.75. The molecule has 0 amide bonds. The number of aliphatic carboxylic acids is 2. The summed E-state index contributed by atoms with van der Waals surface area (Å²) in [6, 6.07) is 11.0. The second-order valence-corrected chi connectivity index (χ2v) is 8.43. The van der Waals surface area contributed by atoms with E-state index in [1.165, 1.54) is 0 Å². The van der Waals surface area contributed by atoms with Crippen molar-refractivity contribution in [2.75, 3.05) is 0 Å². The fraction of sp³-hybridized carbons (Fsp3) is 0.364. The minimum Gasteiger partial charge on any atom is -0.480 e. The van der Waals surface area contributed by atoms with E-state index in [1.807, 2.05) is 50.2 Å². The van der Waals surface area contributed by atoms with Crippen LogP contribution in [0.2, 0.25) is 10.0 Å². The highest BCUT2D eigenvalue weighted by Crippen LogP contribution is 2.22. The predicted octanol–water partition coefficient (Wildman–Crippen LogP) is 4.67. The summed E-state index contributed by atoms with van der Waals surface area (Å²) in [6.07, 6.45) is 1.14. The quantitative estimate of drug-likeness (QED) is 0.502. The van der Waals surface area contributed by atoms with Crippen LogP contribution in [0.25, 0.3) is 0 Å². The molecule has 0 aliphatic rings. The zero-order valence-corrected chi connectivity index (χ0v) is 17.9. The van der Waals surface area contributed by atoms with Crippen LogP contribution in [-0.4, -0.2) is 34.2 Å². The molecule has 0 saturated heterocycles. The molecule has 2 aromatic carbocycles. The number of carboxylic acid groups (broad SMARTS) is 2. The standard InChI is InChI=1S/C22H25Cl2NO4/c1-13(2)6-19(21(26)27)25-20(22(28)29)11-15-5-3-4-14(7-15)8-16-9-17(23)12-18(24)10-16/h3-5,7,9-10,12-13,19-20,25H,6,8,11H2,1-2H3,(H,26,27)(H,28,29)/t19-,20?/m0/s1. The molecule has 156 valence electrons. The predicted molar refractivity (Wildman–Crippen MR) is 115 cm³/mol. The Morgan fingerprint density at radius 2 is 1.48 bits per heavy atom. The second-order valence-electron chi connectivity index (χ2n) is 7.56. The van der Waals surface area contributed by atoms with Gasteiger partial charge in [-0.15, -0.1) is 0 Å². The van der Waals surface area contributed by atoms with Crippen LogP contribution >= 0.6 is 23.2 Å². The van der Waals surface area contributed by atoms with Crippen LogP contribution in [0, 0.1) is 5.92 Å². The van der Waals surface area contributed by atoms with E-state index < -0.39 is 24.0 Å². The van der Waals surface area contributed by atoms with E-state index in [-0.39, 0.29) is 12.3 Å². The third-order valence-corrected chi connectivity index (χ3v) is 4.90. The average Bonchev–Trinajstić information content (AvgIpc) is 2.59. The van der Waals surface area contributed by atoms with Crippen molar-refractivity contribution in [1.82, 2.24) is 5.32 Å². The highest BCUT2D eigenvalue weighted by Gasteiger charge is 2.26. The Balaban J connectivity index is 2.14. The molecule has 29 heavy (non-hydrogen) atoms. The summed E-state index contributed by atoms with van der Waals surface area (Å²) in [4.78, 5) is 23.2. The number of nitrogens with one attached hydrogen (secondary N) is 1. The van der Waals surface area contributed by atoms with Crippen LogP contribution < -0.4 is 5.32 Å². The van der Waals surface area contributed by atoms with Gasteiger partial charge in [-0.05, 0) is 60.1 Å². The van der Waals surface area contributed by atoms with Gasteiger partial charge in [-0.3, -0.25) is 14.9 Å². The summed E-state index contributed by atoms with van der Waals surface area (Å²) >= 11 is 12.1. The summed E-state index contributed by atoms with van der Waals surface area (Å²) < 4.78 is 0. The van der Waals surface area contributed by atoms with Gasteiger partial charge in [-0.25, -0.2) is 0 Å². The largest absolute Gasteiger partial charge is 0.480 e.